The Bertz CT molecular complexity index is 1410. The van der Waals surface area contributed by atoms with Crippen molar-refractivity contribution in [1.29, 1.82) is 5.26 Å². The lowest BCUT2D eigenvalue weighted by molar-refractivity contribution is -0.141. The van der Waals surface area contributed by atoms with E-state index < -0.39 is 35.4 Å². The van der Waals surface area contributed by atoms with Crippen molar-refractivity contribution in [2.75, 3.05) is 6.54 Å². The zero-order valence-corrected chi connectivity index (χ0v) is 20.4. The molecule has 0 aliphatic carbocycles. The standard InChI is InChI=1S/C25H20F6N4OS/c1-3-35-12-20(23(33-35)25(29,30)31)17-7-5-4-6-16(17)19-11-34(22(36)8-14(2)24(26,27)28)13-21-18(19)9-15(10-32)37-21/h4-9,12,19H,3,11,13H2,1-2H3/b14-8-/t19-/m0/s1. The Balaban J connectivity index is 1.85. The van der Waals surface area contributed by atoms with Gasteiger partial charge in [0.05, 0.1) is 6.54 Å². The summed E-state index contributed by atoms with van der Waals surface area (Å²) in [4.78, 5) is 15.0. The highest BCUT2D eigenvalue weighted by molar-refractivity contribution is 7.12. The maximum Gasteiger partial charge on any atom is 0.435 e. The number of rotatable bonds is 4. The van der Waals surface area contributed by atoms with Crippen LogP contribution in [0.2, 0.25) is 0 Å². The van der Waals surface area contributed by atoms with Crippen LogP contribution in [0.15, 0.2) is 48.2 Å². The van der Waals surface area contributed by atoms with Crippen LogP contribution in [0, 0.1) is 11.3 Å². The lowest BCUT2D eigenvalue weighted by Crippen LogP contribution is -2.37. The first-order valence-electron chi connectivity index (χ1n) is 11.1. The summed E-state index contributed by atoms with van der Waals surface area (Å²) in [6, 6.07) is 10.0. The molecular formula is C25H20F6N4OS. The van der Waals surface area contributed by atoms with Crippen LogP contribution < -0.4 is 0 Å². The van der Waals surface area contributed by atoms with Crippen LogP contribution in [0.25, 0.3) is 11.1 Å². The molecular weight excluding hydrogens is 518 g/mol. The Morgan fingerprint density at radius 1 is 1.19 bits per heavy atom. The zero-order valence-electron chi connectivity index (χ0n) is 19.6. The highest BCUT2D eigenvalue weighted by Gasteiger charge is 2.39. The third-order valence-electron chi connectivity index (χ3n) is 6.14. The summed E-state index contributed by atoms with van der Waals surface area (Å²) in [6.45, 7) is 2.58. The van der Waals surface area contributed by atoms with E-state index in [1.165, 1.54) is 21.8 Å². The summed E-state index contributed by atoms with van der Waals surface area (Å²) >= 11 is 1.10. The first kappa shape index (κ1) is 26.5. The van der Waals surface area contributed by atoms with Gasteiger partial charge in [-0.1, -0.05) is 24.3 Å². The average Bonchev–Trinajstić information content (AvgIpc) is 3.47. The second-order valence-electron chi connectivity index (χ2n) is 8.53. The number of carbonyl (C=O) groups is 1. The number of nitrogens with zero attached hydrogens (tertiary/aromatic N) is 4. The third kappa shape index (κ3) is 5.27. The van der Waals surface area contributed by atoms with Crippen molar-refractivity contribution in [2.24, 2.45) is 0 Å². The van der Waals surface area contributed by atoms with E-state index in [4.69, 9.17) is 0 Å². The highest BCUT2D eigenvalue weighted by atomic mass is 32.1. The number of thiophene rings is 1. The highest BCUT2D eigenvalue weighted by Crippen LogP contribution is 2.44. The van der Waals surface area contributed by atoms with Gasteiger partial charge >= 0.3 is 12.4 Å². The van der Waals surface area contributed by atoms with Gasteiger partial charge in [-0.2, -0.15) is 36.7 Å². The van der Waals surface area contributed by atoms with Gasteiger partial charge in [0.25, 0.3) is 0 Å². The van der Waals surface area contributed by atoms with Crippen molar-refractivity contribution in [1.82, 2.24) is 14.7 Å². The van der Waals surface area contributed by atoms with E-state index in [1.54, 1.807) is 31.2 Å². The van der Waals surface area contributed by atoms with Gasteiger partial charge in [0, 0.05) is 47.3 Å². The minimum absolute atomic E-state index is 0.0115. The first-order valence-corrected chi connectivity index (χ1v) is 12.0. The van der Waals surface area contributed by atoms with Crippen LogP contribution in [0.3, 0.4) is 0 Å². The molecule has 0 spiro atoms. The summed E-state index contributed by atoms with van der Waals surface area (Å²) in [5.74, 6) is -1.54. The summed E-state index contributed by atoms with van der Waals surface area (Å²) in [5, 5.41) is 13.1. The Morgan fingerprint density at radius 3 is 2.51 bits per heavy atom. The molecule has 2 aromatic heterocycles. The van der Waals surface area contributed by atoms with Crippen LogP contribution in [0.4, 0.5) is 26.3 Å². The third-order valence-corrected chi connectivity index (χ3v) is 7.18. The number of hydrogen-bond donors (Lipinski definition) is 0. The molecule has 194 valence electrons. The maximum atomic E-state index is 13.9. The predicted molar refractivity (Wildman–Crippen MR) is 124 cm³/mol. The monoisotopic (exact) mass is 538 g/mol. The molecule has 3 heterocycles. The minimum Gasteiger partial charge on any atom is -0.333 e. The number of benzene rings is 1. The van der Waals surface area contributed by atoms with Gasteiger partial charge < -0.3 is 4.90 Å². The molecule has 1 aliphatic heterocycles. The molecule has 0 N–H and O–H groups in total. The van der Waals surface area contributed by atoms with Crippen LogP contribution >= 0.6 is 11.3 Å². The quantitative estimate of drug-likeness (QED) is 0.281. The van der Waals surface area contributed by atoms with Crippen molar-refractivity contribution in [2.45, 2.75) is 45.2 Å². The normalized spacial score (nSPS) is 16.5. The summed E-state index contributed by atoms with van der Waals surface area (Å²) in [5.41, 5.74) is -0.916. The van der Waals surface area contributed by atoms with E-state index >= 15 is 0 Å². The van der Waals surface area contributed by atoms with E-state index in [9.17, 15) is 36.4 Å². The number of halogens is 6. The molecule has 3 aromatic rings. The van der Waals surface area contributed by atoms with E-state index in [2.05, 4.69) is 5.10 Å². The van der Waals surface area contributed by atoms with Gasteiger partial charge in [-0.25, -0.2) is 0 Å². The first-order chi connectivity index (χ1) is 17.3. The summed E-state index contributed by atoms with van der Waals surface area (Å²) in [6.07, 6.45) is -7.58. The molecule has 0 bridgehead atoms. The van der Waals surface area contributed by atoms with Crippen LogP contribution in [-0.4, -0.2) is 33.3 Å². The molecule has 12 heteroatoms. The Labute approximate surface area is 212 Å². The van der Waals surface area contributed by atoms with Crippen LogP contribution in [0.1, 0.15) is 46.3 Å². The second kappa shape index (κ2) is 9.70. The minimum atomic E-state index is -4.72. The maximum absolute atomic E-state index is 13.9. The summed E-state index contributed by atoms with van der Waals surface area (Å²) in [7, 11) is 0. The fraction of sp³-hybridized carbons (Fsp3) is 0.320. The number of carbonyl (C=O) groups excluding carboxylic acids is 1. The zero-order chi connectivity index (χ0) is 27.1. The van der Waals surface area contributed by atoms with Crippen LogP contribution in [-0.2, 0) is 24.1 Å². The number of alkyl halides is 6. The smallest absolute Gasteiger partial charge is 0.333 e. The SMILES string of the molecule is CCn1cc(-c2ccccc2[C@@H]2CN(C(=O)/C=C(/C)C(F)(F)F)Cc3sc(C#N)cc32)c(C(F)(F)F)n1. The van der Waals surface area contributed by atoms with Crippen molar-refractivity contribution in [3.05, 3.63) is 74.8 Å². The van der Waals surface area contributed by atoms with Gasteiger partial charge in [0.15, 0.2) is 5.69 Å². The number of nitriles is 1. The number of aromatic nitrogens is 2. The van der Waals surface area contributed by atoms with Crippen molar-refractivity contribution < 1.29 is 31.1 Å². The molecule has 0 saturated carbocycles. The van der Waals surface area contributed by atoms with E-state index in [0.717, 1.165) is 18.3 Å². The second-order valence-corrected chi connectivity index (χ2v) is 9.67. The van der Waals surface area contributed by atoms with E-state index in [0.29, 0.717) is 27.0 Å². The number of fused-ring (bicyclic) bond motifs is 1. The lowest BCUT2D eigenvalue weighted by atomic mass is 9.83. The molecule has 1 aromatic carbocycles. The fourth-order valence-corrected chi connectivity index (χ4v) is 5.34. The molecule has 1 atom stereocenters. The fourth-order valence-electron chi connectivity index (χ4n) is 4.30. The predicted octanol–water partition coefficient (Wildman–Crippen LogP) is 6.50. The molecule has 37 heavy (non-hydrogen) atoms. The molecule has 4 rings (SSSR count). The number of hydrogen-bond acceptors (Lipinski definition) is 4. The topological polar surface area (TPSA) is 61.9 Å². The Kier molecular flexibility index (Phi) is 6.94. The number of amides is 1. The molecule has 0 fully saturated rings. The van der Waals surface area contributed by atoms with Gasteiger partial charge in [-0.3, -0.25) is 9.48 Å². The largest absolute Gasteiger partial charge is 0.435 e. The Hall–Kier alpha value is -3.59. The number of allylic oxidation sites excluding steroid dienone is 1. The molecule has 0 radical (unpaired) electrons. The molecule has 0 unspecified atom stereocenters. The van der Waals surface area contributed by atoms with Gasteiger partial charge in [0.2, 0.25) is 5.91 Å². The van der Waals surface area contributed by atoms with Crippen molar-refractivity contribution in [3.8, 4) is 17.2 Å². The molecule has 1 aliphatic rings. The summed E-state index contributed by atoms with van der Waals surface area (Å²) < 4.78 is 81.9. The molecule has 1 amide bonds. The van der Waals surface area contributed by atoms with Crippen molar-refractivity contribution >= 4 is 17.2 Å². The molecule has 5 nitrogen and oxygen atoms in total. The Morgan fingerprint density at radius 2 is 1.89 bits per heavy atom. The van der Waals surface area contributed by atoms with Gasteiger partial charge in [-0.15, -0.1) is 11.3 Å². The van der Waals surface area contributed by atoms with E-state index in [1.807, 2.05) is 6.07 Å². The lowest BCUT2D eigenvalue weighted by Gasteiger charge is -2.33. The number of aryl methyl sites for hydroxylation is 1. The van der Waals surface area contributed by atoms with Crippen LogP contribution in [0.5, 0.6) is 0 Å². The van der Waals surface area contributed by atoms with Gasteiger partial charge in [0.1, 0.15) is 10.9 Å². The van der Waals surface area contributed by atoms with E-state index in [-0.39, 0.29) is 30.8 Å². The van der Waals surface area contributed by atoms with Crippen molar-refractivity contribution in [3.63, 3.8) is 0 Å². The average molecular weight is 539 g/mol. The van der Waals surface area contributed by atoms with Gasteiger partial charge in [-0.05, 0) is 36.6 Å². The molecule has 0 saturated heterocycles.